The summed E-state index contributed by atoms with van der Waals surface area (Å²) in [4.78, 5) is 0. The van der Waals surface area contributed by atoms with Crippen LogP contribution in [0.2, 0.25) is 0 Å². The highest BCUT2D eigenvalue weighted by atomic mass is 14.1. The van der Waals surface area contributed by atoms with E-state index in [0.717, 1.165) is 12.8 Å². The molecule has 0 N–H and O–H groups in total. The highest BCUT2D eigenvalue weighted by Crippen LogP contribution is 2.16. The summed E-state index contributed by atoms with van der Waals surface area (Å²) in [5.74, 6) is 6.59. The second-order valence-electron chi connectivity index (χ2n) is 6.79. The Hall–Kier alpha value is -1.22. The van der Waals surface area contributed by atoms with Gasteiger partial charge in [0.25, 0.3) is 0 Å². The standard InChI is InChI=1S/C23H36/c1-4-5-6-7-8-9-10-11-12-13-14-15-16-19-23-20-17-18-21(2)22(23)3/h17-18,20H,4-6,9-16,19H2,1-3H3. The van der Waals surface area contributed by atoms with Crippen molar-refractivity contribution in [2.24, 2.45) is 0 Å². The second-order valence-corrected chi connectivity index (χ2v) is 6.79. The molecular weight excluding hydrogens is 276 g/mol. The SMILES string of the molecule is CCCCC#CCCCCCCCCCc1cccc(C)c1C. The smallest absolute Gasteiger partial charge is 0.00886 e. The molecule has 0 aromatic heterocycles. The van der Waals surface area contributed by atoms with E-state index in [0.29, 0.717) is 0 Å². The normalized spacial score (nSPS) is 10.4. The van der Waals surface area contributed by atoms with Gasteiger partial charge in [-0.25, -0.2) is 0 Å². The fourth-order valence-electron chi connectivity index (χ4n) is 2.94. The minimum Gasteiger partial charge on any atom is -0.103 e. The Bertz CT molecular complexity index is 473. The highest BCUT2D eigenvalue weighted by molar-refractivity contribution is 5.33. The van der Waals surface area contributed by atoms with Crippen molar-refractivity contribution in [2.45, 2.75) is 97.8 Å². The van der Waals surface area contributed by atoms with Crippen LogP contribution in [0, 0.1) is 25.7 Å². The van der Waals surface area contributed by atoms with Crippen LogP contribution in [-0.4, -0.2) is 0 Å². The topological polar surface area (TPSA) is 0 Å². The Labute approximate surface area is 145 Å². The van der Waals surface area contributed by atoms with E-state index in [1.54, 1.807) is 5.56 Å². The van der Waals surface area contributed by atoms with E-state index in [-0.39, 0.29) is 0 Å². The van der Waals surface area contributed by atoms with Gasteiger partial charge in [-0.3, -0.25) is 0 Å². The van der Waals surface area contributed by atoms with Gasteiger partial charge in [0.05, 0.1) is 0 Å². The molecule has 1 aromatic rings. The van der Waals surface area contributed by atoms with Crippen molar-refractivity contribution in [3.63, 3.8) is 0 Å². The largest absolute Gasteiger partial charge is 0.103 e. The Morgan fingerprint density at radius 3 is 2.04 bits per heavy atom. The van der Waals surface area contributed by atoms with Gasteiger partial charge in [0.2, 0.25) is 0 Å². The lowest BCUT2D eigenvalue weighted by molar-refractivity contribution is 0.582. The van der Waals surface area contributed by atoms with Crippen molar-refractivity contribution in [1.82, 2.24) is 0 Å². The minimum atomic E-state index is 1.09. The minimum absolute atomic E-state index is 1.09. The van der Waals surface area contributed by atoms with E-state index in [9.17, 15) is 0 Å². The van der Waals surface area contributed by atoms with Crippen LogP contribution in [0.25, 0.3) is 0 Å². The molecule has 1 rings (SSSR count). The van der Waals surface area contributed by atoms with Crippen LogP contribution >= 0.6 is 0 Å². The van der Waals surface area contributed by atoms with Gasteiger partial charge in [-0.2, -0.15) is 0 Å². The fourth-order valence-corrected chi connectivity index (χ4v) is 2.94. The first kappa shape index (κ1) is 19.8. The van der Waals surface area contributed by atoms with E-state index < -0.39 is 0 Å². The number of rotatable bonds is 11. The van der Waals surface area contributed by atoms with Crippen molar-refractivity contribution in [2.75, 3.05) is 0 Å². The van der Waals surface area contributed by atoms with E-state index in [2.05, 4.69) is 50.8 Å². The van der Waals surface area contributed by atoms with Crippen LogP contribution in [0.15, 0.2) is 18.2 Å². The van der Waals surface area contributed by atoms with Gasteiger partial charge < -0.3 is 0 Å². The van der Waals surface area contributed by atoms with E-state index in [1.165, 1.54) is 75.3 Å². The number of hydrogen-bond acceptors (Lipinski definition) is 0. The third-order valence-corrected chi connectivity index (χ3v) is 4.75. The lowest BCUT2D eigenvalue weighted by atomic mass is 9.98. The van der Waals surface area contributed by atoms with Gasteiger partial charge in [0, 0.05) is 12.8 Å². The van der Waals surface area contributed by atoms with Gasteiger partial charge in [0.1, 0.15) is 0 Å². The zero-order valence-corrected chi connectivity index (χ0v) is 15.7. The Balaban J connectivity index is 1.93. The summed E-state index contributed by atoms with van der Waals surface area (Å²) in [6, 6.07) is 6.71. The van der Waals surface area contributed by atoms with E-state index >= 15 is 0 Å². The van der Waals surface area contributed by atoms with Crippen molar-refractivity contribution in [1.29, 1.82) is 0 Å². The average molecular weight is 313 g/mol. The molecule has 0 radical (unpaired) electrons. The summed E-state index contributed by atoms with van der Waals surface area (Å²) >= 11 is 0. The summed E-state index contributed by atoms with van der Waals surface area (Å²) in [5.41, 5.74) is 4.47. The zero-order valence-electron chi connectivity index (χ0n) is 15.7. The predicted octanol–water partition coefficient (Wildman–Crippen LogP) is 7.16. The third kappa shape index (κ3) is 9.50. The molecule has 0 heteroatoms. The Kier molecular flexibility index (Phi) is 11.4. The van der Waals surface area contributed by atoms with Crippen molar-refractivity contribution >= 4 is 0 Å². The lowest BCUT2D eigenvalue weighted by Gasteiger charge is -2.08. The molecule has 0 amide bonds. The summed E-state index contributed by atoms with van der Waals surface area (Å²) in [5, 5.41) is 0. The Morgan fingerprint density at radius 1 is 0.739 bits per heavy atom. The lowest BCUT2D eigenvalue weighted by Crippen LogP contribution is -1.92. The van der Waals surface area contributed by atoms with Crippen LogP contribution in [0.3, 0.4) is 0 Å². The summed E-state index contributed by atoms with van der Waals surface area (Å²) in [7, 11) is 0. The van der Waals surface area contributed by atoms with Gasteiger partial charge in [-0.15, -0.1) is 11.8 Å². The molecule has 0 unspecified atom stereocenters. The molecule has 0 aliphatic rings. The molecule has 0 spiro atoms. The first-order valence-corrected chi connectivity index (χ1v) is 9.76. The number of hydrogen-bond donors (Lipinski definition) is 0. The van der Waals surface area contributed by atoms with Gasteiger partial charge in [-0.05, 0) is 56.2 Å². The maximum Gasteiger partial charge on any atom is 0.00886 e. The summed E-state index contributed by atoms with van der Waals surface area (Å²) in [6.45, 7) is 6.70. The second kappa shape index (κ2) is 13.2. The zero-order chi connectivity index (χ0) is 16.8. The molecule has 1 aromatic carbocycles. The summed E-state index contributed by atoms with van der Waals surface area (Å²) in [6.07, 6.45) is 15.5. The van der Waals surface area contributed by atoms with Gasteiger partial charge >= 0.3 is 0 Å². The molecule has 0 saturated carbocycles. The fraction of sp³-hybridized carbons (Fsp3) is 0.652. The molecule has 0 nitrogen and oxygen atoms in total. The molecule has 0 bridgehead atoms. The van der Waals surface area contributed by atoms with E-state index in [4.69, 9.17) is 0 Å². The van der Waals surface area contributed by atoms with Gasteiger partial charge in [0.15, 0.2) is 0 Å². The number of unbranched alkanes of at least 4 members (excludes halogenated alkanes) is 9. The van der Waals surface area contributed by atoms with Crippen LogP contribution < -0.4 is 0 Å². The van der Waals surface area contributed by atoms with Crippen molar-refractivity contribution in [3.8, 4) is 11.8 Å². The molecule has 0 fully saturated rings. The third-order valence-electron chi connectivity index (χ3n) is 4.75. The number of aryl methyl sites for hydroxylation is 2. The predicted molar refractivity (Wildman–Crippen MR) is 104 cm³/mol. The first-order valence-electron chi connectivity index (χ1n) is 9.76. The summed E-state index contributed by atoms with van der Waals surface area (Å²) < 4.78 is 0. The number of benzene rings is 1. The van der Waals surface area contributed by atoms with Gasteiger partial charge in [-0.1, -0.05) is 63.6 Å². The van der Waals surface area contributed by atoms with Crippen molar-refractivity contribution < 1.29 is 0 Å². The maximum atomic E-state index is 3.31. The Morgan fingerprint density at radius 2 is 1.35 bits per heavy atom. The van der Waals surface area contributed by atoms with Crippen LogP contribution in [0.5, 0.6) is 0 Å². The molecule has 0 aliphatic carbocycles. The average Bonchev–Trinajstić information content (AvgIpc) is 2.55. The molecule has 23 heavy (non-hydrogen) atoms. The van der Waals surface area contributed by atoms with Crippen LogP contribution in [-0.2, 0) is 6.42 Å². The maximum absolute atomic E-state index is 3.31. The molecule has 0 aliphatic heterocycles. The van der Waals surface area contributed by atoms with E-state index in [1.807, 2.05) is 0 Å². The highest BCUT2D eigenvalue weighted by Gasteiger charge is 2.00. The molecule has 0 heterocycles. The van der Waals surface area contributed by atoms with Crippen LogP contribution in [0.4, 0.5) is 0 Å². The monoisotopic (exact) mass is 312 g/mol. The quantitative estimate of drug-likeness (QED) is 0.300. The first-order chi connectivity index (χ1) is 11.3. The molecule has 0 saturated heterocycles. The van der Waals surface area contributed by atoms with Crippen molar-refractivity contribution in [3.05, 3.63) is 34.9 Å². The van der Waals surface area contributed by atoms with Crippen LogP contribution in [0.1, 0.15) is 94.2 Å². The molecule has 0 atom stereocenters. The molecule has 128 valence electrons. The molecular formula is C23H36.